The smallest absolute Gasteiger partial charge is 1.00 e. The molecule has 2 aliphatic carbocycles. The van der Waals surface area contributed by atoms with Crippen molar-refractivity contribution >= 4 is 15.8 Å². The van der Waals surface area contributed by atoms with E-state index in [-0.39, 0.29) is 68.8 Å². The van der Waals surface area contributed by atoms with Gasteiger partial charge in [0.15, 0.2) is 0 Å². The molecule has 2 rings (SSSR count). The van der Waals surface area contributed by atoms with Crippen molar-refractivity contribution in [3.8, 4) is 0 Å². The van der Waals surface area contributed by atoms with Crippen molar-refractivity contribution in [1.82, 2.24) is 0 Å². The number of rotatable bonds is 6. The van der Waals surface area contributed by atoms with Gasteiger partial charge < -0.3 is 17.0 Å². The van der Waals surface area contributed by atoms with Crippen molar-refractivity contribution in [2.45, 2.75) is 78.0 Å². The Morgan fingerprint density at radius 1 is 0.519 bits per heavy atom. The van der Waals surface area contributed by atoms with Crippen molar-refractivity contribution in [2.24, 2.45) is 0 Å². The Bertz CT molecular complexity index is 280. The molecular weight excluding hydrogens is 566 g/mol. The molecule has 0 N–H and O–H groups in total. The minimum atomic E-state index is 0. The largest absolute Gasteiger partial charge is 2.00 e. The van der Waals surface area contributed by atoms with E-state index in [9.17, 15) is 0 Å². The second kappa shape index (κ2) is 18.1. The third-order valence-electron chi connectivity index (χ3n) is 4.11. The first-order valence-electron chi connectivity index (χ1n) is 9.25. The van der Waals surface area contributed by atoms with E-state index in [1.807, 2.05) is 0 Å². The second-order valence-electron chi connectivity index (χ2n) is 7.48. The van der Waals surface area contributed by atoms with Crippen LogP contribution in [0.3, 0.4) is 0 Å². The molecule has 10 radical (unpaired) electrons. The van der Waals surface area contributed by atoms with E-state index in [1.54, 1.807) is 11.3 Å². The van der Waals surface area contributed by atoms with Crippen LogP contribution in [0.1, 0.15) is 55.4 Å². The molecule has 2 fully saturated rings. The van der Waals surface area contributed by atoms with E-state index in [0.717, 1.165) is 22.6 Å². The fourth-order valence-electron chi connectivity index (χ4n) is 3.46. The SMILES string of the molecule is CC(C)P([C]1[CH][CH][CH][CH]1)C(C)C.CC(C)P([C]1[CH][CH][CH][CH]1)C(C)C.[Br-].[Ni+2].[Ru+2]. The van der Waals surface area contributed by atoms with Crippen LogP contribution in [-0.4, -0.2) is 22.6 Å². The van der Waals surface area contributed by atoms with Crippen LogP contribution in [0.25, 0.3) is 0 Å². The summed E-state index contributed by atoms with van der Waals surface area (Å²) in [6.07, 6.45) is 17.7. The maximum atomic E-state index is 2.33. The number of hydrogen-bond acceptors (Lipinski definition) is 0. The normalized spacial score (nSPS) is 18.0. The second-order valence-corrected chi connectivity index (χ2v) is 14.3. The molecule has 0 heterocycles. The van der Waals surface area contributed by atoms with Gasteiger partial charge >= 0.3 is 36.0 Å². The van der Waals surface area contributed by atoms with Gasteiger partial charge in [0.1, 0.15) is 0 Å². The van der Waals surface area contributed by atoms with Crippen molar-refractivity contribution in [1.29, 1.82) is 0 Å². The third kappa shape index (κ3) is 12.2. The van der Waals surface area contributed by atoms with E-state index in [2.05, 4.69) is 107 Å². The summed E-state index contributed by atoms with van der Waals surface area (Å²) >= 11 is 0. The van der Waals surface area contributed by atoms with Gasteiger partial charge in [-0.25, -0.2) is 0 Å². The molecule has 27 heavy (non-hydrogen) atoms. The predicted octanol–water partition coefficient (Wildman–Crippen LogP) is 4.29. The summed E-state index contributed by atoms with van der Waals surface area (Å²) in [6, 6.07) is 0. The maximum absolute atomic E-state index is 2.33. The average Bonchev–Trinajstić information content (AvgIpc) is 3.11. The molecule has 0 aromatic rings. The van der Waals surface area contributed by atoms with Crippen LogP contribution < -0.4 is 17.0 Å². The summed E-state index contributed by atoms with van der Waals surface area (Å²) in [5.74, 6) is 0. The standard InChI is InChI=1S/2C11H18P.BrH.Ni.Ru/c2*1-9(2)12(10(3)4)11-7-5-6-8-11;;;/h2*5-10H,1-4H3;1H;;/q;;;2*+2/p-1. The zero-order chi connectivity index (χ0) is 18.3. The number of halogens is 1. The fourth-order valence-corrected chi connectivity index (χ4v) is 9.26. The first-order chi connectivity index (χ1) is 11.3. The zero-order valence-corrected chi connectivity index (χ0v) is 24.0. The molecule has 0 saturated heterocycles. The fraction of sp³-hybridized carbons (Fsp3) is 0.545. The molecule has 156 valence electrons. The van der Waals surface area contributed by atoms with Gasteiger partial charge in [-0.2, -0.15) is 0 Å². The first-order valence-corrected chi connectivity index (χ1v) is 12.2. The minimum Gasteiger partial charge on any atom is -1.00 e. The summed E-state index contributed by atoms with van der Waals surface area (Å²) in [5, 5.41) is 0. The van der Waals surface area contributed by atoms with E-state index < -0.39 is 0 Å². The molecule has 0 aromatic carbocycles. The Hall–Kier alpha value is 2.46. The van der Waals surface area contributed by atoms with Gasteiger partial charge in [0, 0.05) is 11.3 Å². The van der Waals surface area contributed by atoms with Crippen LogP contribution in [-0.2, 0) is 36.0 Å². The number of hydrogen-bond donors (Lipinski definition) is 0. The zero-order valence-electron chi connectivity index (χ0n) is 17.9. The summed E-state index contributed by atoms with van der Waals surface area (Å²) in [4.78, 5) is 0. The van der Waals surface area contributed by atoms with Crippen LogP contribution in [0.4, 0.5) is 0 Å². The summed E-state index contributed by atoms with van der Waals surface area (Å²) < 4.78 is 0. The third-order valence-corrected chi connectivity index (χ3v) is 10.4. The molecule has 5 heteroatoms. The Labute approximate surface area is 208 Å². The first kappa shape index (κ1) is 34.1. The topological polar surface area (TPSA) is 0 Å². The Morgan fingerprint density at radius 2 is 0.704 bits per heavy atom. The van der Waals surface area contributed by atoms with E-state index in [1.165, 1.54) is 0 Å². The van der Waals surface area contributed by atoms with Crippen LogP contribution in [0.15, 0.2) is 0 Å². The van der Waals surface area contributed by atoms with Gasteiger partial charge in [-0.1, -0.05) is 71.2 Å². The van der Waals surface area contributed by atoms with Gasteiger partial charge in [0.05, 0.1) is 0 Å². The van der Waals surface area contributed by atoms with E-state index in [0.29, 0.717) is 0 Å². The average molecular weight is 602 g/mol. The predicted molar refractivity (Wildman–Crippen MR) is 115 cm³/mol. The molecule has 0 aliphatic heterocycles. The molecule has 0 nitrogen and oxygen atoms in total. The Balaban J connectivity index is -0.000000384. The molecule has 2 aliphatic rings. The minimum absolute atomic E-state index is 0. The van der Waals surface area contributed by atoms with Crippen LogP contribution in [0.2, 0.25) is 0 Å². The van der Waals surface area contributed by atoms with Crippen molar-refractivity contribution in [2.75, 3.05) is 0 Å². The van der Waals surface area contributed by atoms with Crippen LogP contribution >= 0.6 is 15.8 Å². The summed E-state index contributed by atoms with van der Waals surface area (Å²) in [5.41, 5.74) is 6.36. The van der Waals surface area contributed by atoms with Gasteiger partial charge in [0.25, 0.3) is 0 Å². The monoisotopic (exact) mass is 601 g/mol. The molecule has 0 unspecified atom stereocenters. The van der Waals surface area contributed by atoms with Crippen LogP contribution in [0.5, 0.6) is 0 Å². The molecular formula is C22H36BrNiP2Ru+3. The van der Waals surface area contributed by atoms with Crippen molar-refractivity contribution < 1.29 is 53.0 Å². The molecule has 0 spiro atoms. The molecule has 0 bridgehead atoms. The summed E-state index contributed by atoms with van der Waals surface area (Å²) in [6.45, 7) is 18.7. The van der Waals surface area contributed by atoms with Gasteiger partial charge in [-0.15, -0.1) is 0 Å². The van der Waals surface area contributed by atoms with E-state index >= 15 is 0 Å². The molecule has 2 saturated carbocycles. The van der Waals surface area contributed by atoms with Crippen LogP contribution in [0, 0.1) is 62.7 Å². The van der Waals surface area contributed by atoms with Crippen molar-refractivity contribution in [3.05, 3.63) is 62.7 Å². The van der Waals surface area contributed by atoms with E-state index in [4.69, 9.17) is 0 Å². The maximum Gasteiger partial charge on any atom is 2.00 e. The Kier molecular flexibility index (Phi) is 22.8. The molecule has 0 aromatic heterocycles. The van der Waals surface area contributed by atoms with Crippen molar-refractivity contribution in [3.63, 3.8) is 0 Å². The molecule has 0 atom stereocenters. The quantitative estimate of drug-likeness (QED) is 0.315. The van der Waals surface area contributed by atoms with Gasteiger partial charge in [0.2, 0.25) is 0 Å². The van der Waals surface area contributed by atoms with Gasteiger partial charge in [-0.05, 0) is 74.0 Å². The molecule has 0 amide bonds. The van der Waals surface area contributed by atoms with Gasteiger partial charge in [-0.3, -0.25) is 0 Å². The summed E-state index contributed by atoms with van der Waals surface area (Å²) in [7, 11) is 0.127. The Morgan fingerprint density at radius 3 is 0.852 bits per heavy atom.